The van der Waals surface area contributed by atoms with Gasteiger partial charge in [0.25, 0.3) is 5.91 Å². The maximum absolute atomic E-state index is 12.3. The first-order chi connectivity index (χ1) is 14.0. The van der Waals surface area contributed by atoms with Gasteiger partial charge in [-0.3, -0.25) is 4.79 Å². The predicted molar refractivity (Wildman–Crippen MR) is 109 cm³/mol. The van der Waals surface area contributed by atoms with Gasteiger partial charge < -0.3 is 20.9 Å². The lowest BCUT2D eigenvalue weighted by Crippen LogP contribution is -2.38. The number of nitrogens with zero attached hydrogens (tertiary/aromatic N) is 6. The maximum atomic E-state index is 12.3. The second-order valence-corrected chi connectivity index (χ2v) is 7.22. The van der Waals surface area contributed by atoms with E-state index in [1.54, 1.807) is 13.1 Å². The quantitative estimate of drug-likeness (QED) is 0.666. The summed E-state index contributed by atoms with van der Waals surface area (Å²) in [4.78, 5) is 22.6. The number of rotatable bonds is 6. The molecule has 0 spiro atoms. The SMILES string of the molecule is CNC(=O)c1nnc(Nc2cnc(C#N)cn2)cc1NC1CCCC(N(C)C)C1. The molecule has 0 aliphatic heterocycles. The maximum Gasteiger partial charge on any atom is 0.273 e. The zero-order valence-electron chi connectivity index (χ0n) is 16.8. The molecule has 0 radical (unpaired) electrons. The van der Waals surface area contributed by atoms with Crippen LogP contribution >= 0.6 is 0 Å². The van der Waals surface area contributed by atoms with Crippen molar-refractivity contribution in [1.29, 1.82) is 5.26 Å². The molecule has 1 aliphatic rings. The second kappa shape index (κ2) is 9.25. The van der Waals surface area contributed by atoms with E-state index >= 15 is 0 Å². The van der Waals surface area contributed by atoms with E-state index in [-0.39, 0.29) is 23.3 Å². The third-order valence-corrected chi connectivity index (χ3v) is 5.00. The van der Waals surface area contributed by atoms with Crippen molar-refractivity contribution >= 4 is 23.2 Å². The Kier molecular flexibility index (Phi) is 6.51. The van der Waals surface area contributed by atoms with E-state index in [4.69, 9.17) is 5.26 Å². The Morgan fingerprint density at radius 2 is 2.03 bits per heavy atom. The highest BCUT2D eigenvalue weighted by Gasteiger charge is 2.25. The average molecular weight is 395 g/mol. The van der Waals surface area contributed by atoms with Crippen LogP contribution in [0.1, 0.15) is 41.9 Å². The number of anilines is 3. The number of amides is 1. The lowest BCUT2D eigenvalue weighted by atomic mass is 9.90. The van der Waals surface area contributed by atoms with Gasteiger partial charge in [0.05, 0.1) is 18.1 Å². The Labute approximate surface area is 169 Å². The normalized spacial score (nSPS) is 18.7. The standard InChI is InChI=1S/C19H25N9O/c1-21-19(29)18-15(24-12-5-4-6-14(7-12)28(2)3)8-16(26-27-18)25-17-11-22-13(9-20)10-23-17/h8,10-12,14H,4-7H2,1-3H3,(H,21,29)(H2,23,24,25,26). The summed E-state index contributed by atoms with van der Waals surface area (Å²) in [6.07, 6.45) is 7.14. The Morgan fingerprint density at radius 1 is 1.21 bits per heavy atom. The van der Waals surface area contributed by atoms with Gasteiger partial charge in [0.2, 0.25) is 0 Å². The molecule has 2 aromatic rings. The van der Waals surface area contributed by atoms with Crippen molar-refractivity contribution in [3.63, 3.8) is 0 Å². The Bertz CT molecular complexity index is 892. The molecule has 0 bridgehead atoms. The molecular weight excluding hydrogens is 370 g/mol. The summed E-state index contributed by atoms with van der Waals surface area (Å²) < 4.78 is 0. The third-order valence-electron chi connectivity index (χ3n) is 5.00. The minimum atomic E-state index is -0.301. The predicted octanol–water partition coefficient (Wildman–Crippen LogP) is 1.53. The first kappa shape index (κ1) is 20.4. The summed E-state index contributed by atoms with van der Waals surface area (Å²) in [5.74, 6) is 0.561. The zero-order chi connectivity index (χ0) is 20.8. The van der Waals surface area contributed by atoms with E-state index in [9.17, 15) is 4.79 Å². The monoisotopic (exact) mass is 395 g/mol. The van der Waals surface area contributed by atoms with Crippen LogP contribution in [0.15, 0.2) is 18.5 Å². The van der Waals surface area contributed by atoms with Crippen LogP contribution in [0.3, 0.4) is 0 Å². The van der Waals surface area contributed by atoms with Crippen LogP contribution in [-0.2, 0) is 0 Å². The van der Waals surface area contributed by atoms with E-state index < -0.39 is 0 Å². The molecule has 3 rings (SSSR count). The lowest BCUT2D eigenvalue weighted by molar-refractivity contribution is 0.0958. The van der Waals surface area contributed by atoms with Gasteiger partial charge >= 0.3 is 0 Å². The number of carbonyl (C=O) groups is 1. The summed E-state index contributed by atoms with van der Waals surface area (Å²) in [6.45, 7) is 0. The van der Waals surface area contributed by atoms with Crippen LogP contribution in [0.2, 0.25) is 0 Å². The van der Waals surface area contributed by atoms with Gasteiger partial charge in [0.1, 0.15) is 11.9 Å². The molecule has 1 saturated carbocycles. The number of hydrogen-bond donors (Lipinski definition) is 3. The van der Waals surface area contributed by atoms with Crippen LogP contribution in [-0.4, -0.2) is 64.2 Å². The first-order valence-corrected chi connectivity index (χ1v) is 9.52. The summed E-state index contributed by atoms with van der Waals surface area (Å²) in [6, 6.07) is 4.42. The van der Waals surface area contributed by atoms with Crippen LogP contribution in [0.4, 0.5) is 17.3 Å². The van der Waals surface area contributed by atoms with Gasteiger partial charge in [0.15, 0.2) is 17.2 Å². The van der Waals surface area contributed by atoms with Crippen LogP contribution in [0.5, 0.6) is 0 Å². The van der Waals surface area contributed by atoms with Crippen LogP contribution < -0.4 is 16.0 Å². The average Bonchev–Trinajstić information content (AvgIpc) is 2.74. The van der Waals surface area contributed by atoms with Crippen LogP contribution in [0, 0.1) is 11.3 Å². The molecule has 0 saturated heterocycles. The fraction of sp³-hybridized carbons (Fsp3) is 0.474. The van der Waals surface area contributed by atoms with Gasteiger partial charge in [0, 0.05) is 25.2 Å². The highest BCUT2D eigenvalue weighted by molar-refractivity contribution is 5.97. The summed E-state index contributed by atoms with van der Waals surface area (Å²) in [5, 5.41) is 26.1. The second-order valence-electron chi connectivity index (χ2n) is 7.22. The summed E-state index contributed by atoms with van der Waals surface area (Å²) in [5.41, 5.74) is 1.09. The van der Waals surface area contributed by atoms with Gasteiger partial charge in [-0.05, 0) is 39.8 Å². The molecular formula is C19H25N9O. The molecule has 2 aromatic heterocycles. The van der Waals surface area contributed by atoms with E-state index in [2.05, 4.69) is 55.1 Å². The summed E-state index contributed by atoms with van der Waals surface area (Å²) in [7, 11) is 5.75. The smallest absolute Gasteiger partial charge is 0.273 e. The van der Waals surface area contributed by atoms with E-state index in [1.165, 1.54) is 18.8 Å². The molecule has 3 N–H and O–H groups in total. The van der Waals surface area contributed by atoms with E-state index in [0.29, 0.717) is 23.4 Å². The van der Waals surface area contributed by atoms with Crippen molar-refractivity contribution in [1.82, 2.24) is 30.4 Å². The fourth-order valence-electron chi connectivity index (χ4n) is 3.41. The first-order valence-electron chi connectivity index (χ1n) is 9.52. The molecule has 2 atom stereocenters. The van der Waals surface area contributed by atoms with Crippen molar-refractivity contribution in [2.24, 2.45) is 0 Å². The van der Waals surface area contributed by atoms with Crippen molar-refractivity contribution < 1.29 is 4.79 Å². The number of nitrogens with one attached hydrogen (secondary N) is 3. The molecule has 1 aliphatic carbocycles. The minimum absolute atomic E-state index is 0.228. The number of aromatic nitrogens is 4. The molecule has 10 nitrogen and oxygen atoms in total. The number of carbonyl (C=O) groups excluding carboxylic acids is 1. The molecule has 29 heavy (non-hydrogen) atoms. The van der Waals surface area contributed by atoms with Crippen molar-refractivity contribution in [3.05, 3.63) is 29.8 Å². The Hall–Kier alpha value is -3.32. The number of hydrogen-bond acceptors (Lipinski definition) is 9. The molecule has 2 heterocycles. The Morgan fingerprint density at radius 3 is 2.69 bits per heavy atom. The molecule has 1 amide bonds. The van der Waals surface area contributed by atoms with Gasteiger partial charge in [-0.25, -0.2) is 9.97 Å². The molecule has 1 fully saturated rings. The Balaban J connectivity index is 1.81. The van der Waals surface area contributed by atoms with E-state index in [1.807, 2.05) is 6.07 Å². The number of nitriles is 1. The molecule has 2 unspecified atom stereocenters. The molecule has 152 valence electrons. The van der Waals surface area contributed by atoms with E-state index in [0.717, 1.165) is 19.3 Å². The fourth-order valence-corrected chi connectivity index (χ4v) is 3.41. The summed E-state index contributed by atoms with van der Waals surface area (Å²) >= 11 is 0. The van der Waals surface area contributed by atoms with Crippen molar-refractivity contribution in [2.45, 2.75) is 37.8 Å². The molecule has 0 aromatic carbocycles. The topological polar surface area (TPSA) is 132 Å². The third kappa shape index (κ3) is 5.14. The highest BCUT2D eigenvalue weighted by Crippen LogP contribution is 2.27. The largest absolute Gasteiger partial charge is 0.380 e. The van der Waals surface area contributed by atoms with Crippen LogP contribution in [0.25, 0.3) is 0 Å². The lowest BCUT2D eigenvalue weighted by Gasteiger charge is -2.34. The van der Waals surface area contributed by atoms with Gasteiger partial charge in [-0.15, -0.1) is 10.2 Å². The van der Waals surface area contributed by atoms with Crippen molar-refractivity contribution in [2.75, 3.05) is 31.8 Å². The minimum Gasteiger partial charge on any atom is -0.380 e. The molecule has 10 heteroatoms. The zero-order valence-corrected chi connectivity index (χ0v) is 16.8. The van der Waals surface area contributed by atoms with Gasteiger partial charge in [-0.1, -0.05) is 0 Å². The van der Waals surface area contributed by atoms with Gasteiger partial charge in [-0.2, -0.15) is 5.26 Å². The van der Waals surface area contributed by atoms with Crippen molar-refractivity contribution in [3.8, 4) is 6.07 Å². The highest BCUT2D eigenvalue weighted by atomic mass is 16.1.